The van der Waals surface area contributed by atoms with Crippen molar-refractivity contribution < 1.29 is 3.89 Å². The van der Waals surface area contributed by atoms with Gasteiger partial charge in [0.2, 0.25) is 0 Å². The van der Waals surface area contributed by atoms with E-state index in [-0.39, 0.29) is 12.1 Å². The van der Waals surface area contributed by atoms with Crippen LogP contribution in [-0.2, 0) is 6.54 Å². The highest BCUT2D eigenvalue weighted by atomic mass is 32.2. The molecule has 0 unspecified atom stereocenters. The zero-order valence-corrected chi connectivity index (χ0v) is 7.94. The molecule has 1 heterocycles. The summed E-state index contributed by atoms with van der Waals surface area (Å²) >= 11 is 0.229. The van der Waals surface area contributed by atoms with Crippen LogP contribution < -0.4 is 0 Å². The summed E-state index contributed by atoms with van der Waals surface area (Å²) in [7, 11) is 3.94. The van der Waals surface area contributed by atoms with Crippen molar-refractivity contribution in [3.05, 3.63) is 24.0 Å². The molecule has 0 aliphatic heterocycles. The number of pyridine rings is 1. The van der Waals surface area contributed by atoms with Crippen molar-refractivity contribution in [1.29, 1.82) is 0 Å². The molecule has 0 aromatic carbocycles. The molecule has 0 fully saturated rings. The molecule has 0 atom stereocenters. The number of nitrogens with zero attached hydrogens (tertiary/aromatic N) is 2. The third-order valence-electron chi connectivity index (χ3n) is 1.36. The molecule has 0 spiro atoms. The summed E-state index contributed by atoms with van der Waals surface area (Å²) in [6.45, 7) is 0.793. The molecule has 12 heavy (non-hydrogen) atoms. The molecular weight excluding hydrogens is 175 g/mol. The molecule has 0 radical (unpaired) electrons. The number of aromatic nitrogens is 1. The highest BCUT2D eigenvalue weighted by Crippen LogP contribution is 2.18. The minimum atomic E-state index is 0.229. The Morgan fingerprint density at radius 2 is 2.25 bits per heavy atom. The Morgan fingerprint density at radius 3 is 2.83 bits per heavy atom. The van der Waals surface area contributed by atoms with E-state index in [1.54, 1.807) is 12.3 Å². The number of halogens is 1. The minimum Gasteiger partial charge on any atom is -0.305 e. The van der Waals surface area contributed by atoms with Crippen molar-refractivity contribution in [1.82, 2.24) is 9.88 Å². The summed E-state index contributed by atoms with van der Waals surface area (Å²) in [5.74, 6) is 0. The Morgan fingerprint density at radius 1 is 1.50 bits per heavy atom. The molecule has 0 saturated heterocycles. The Labute approximate surface area is 76.1 Å². The van der Waals surface area contributed by atoms with Gasteiger partial charge in [-0.1, -0.05) is 0 Å². The maximum absolute atomic E-state index is 12.1. The van der Waals surface area contributed by atoms with Crippen molar-refractivity contribution in [2.24, 2.45) is 0 Å². The van der Waals surface area contributed by atoms with E-state index in [4.69, 9.17) is 0 Å². The molecule has 0 aliphatic carbocycles. The minimum absolute atomic E-state index is 0.229. The highest BCUT2D eigenvalue weighted by Gasteiger charge is 1.98. The zero-order chi connectivity index (χ0) is 8.97. The van der Waals surface area contributed by atoms with Crippen LogP contribution in [0.2, 0.25) is 0 Å². The molecule has 4 heteroatoms. The molecule has 0 saturated carbocycles. The van der Waals surface area contributed by atoms with Gasteiger partial charge in [0.05, 0.1) is 17.0 Å². The summed E-state index contributed by atoms with van der Waals surface area (Å²) < 4.78 is 12.1. The second-order valence-corrected chi connectivity index (χ2v) is 3.47. The number of rotatable bonds is 3. The maximum atomic E-state index is 12.1. The van der Waals surface area contributed by atoms with Crippen LogP contribution in [0.3, 0.4) is 0 Å². The van der Waals surface area contributed by atoms with E-state index in [0.717, 1.165) is 12.1 Å². The van der Waals surface area contributed by atoms with Gasteiger partial charge in [-0.15, -0.1) is 0 Å². The van der Waals surface area contributed by atoms with Crippen LogP contribution in [0.5, 0.6) is 0 Å². The Hall–Kier alpha value is -0.610. The Kier molecular flexibility index (Phi) is 3.49. The van der Waals surface area contributed by atoms with Crippen LogP contribution in [0.4, 0.5) is 3.89 Å². The smallest absolute Gasteiger partial charge is 0.0828 e. The fourth-order valence-corrected chi connectivity index (χ4v) is 1.25. The van der Waals surface area contributed by atoms with E-state index < -0.39 is 0 Å². The number of hydrogen-bond acceptors (Lipinski definition) is 3. The Bertz CT molecular complexity index is 253. The van der Waals surface area contributed by atoms with Crippen LogP contribution in [0, 0.1) is 0 Å². The zero-order valence-electron chi connectivity index (χ0n) is 7.12. The highest BCUT2D eigenvalue weighted by molar-refractivity contribution is 7.94. The quantitative estimate of drug-likeness (QED) is 0.719. The first kappa shape index (κ1) is 9.48. The van der Waals surface area contributed by atoms with Crippen molar-refractivity contribution in [3.63, 3.8) is 0 Å². The lowest BCUT2D eigenvalue weighted by Gasteiger charge is -2.08. The van der Waals surface area contributed by atoms with Gasteiger partial charge in [-0.25, -0.2) is 0 Å². The van der Waals surface area contributed by atoms with Crippen LogP contribution >= 0.6 is 12.1 Å². The largest absolute Gasteiger partial charge is 0.305 e. The molecule has 1 aromatic heterocycles. The monoisotopic (exact) mass is 186 g/mol. The predicted molar refractivity (Wildman–Crippen MR) is 48.6 cm³/mol. The van der Waals surface area contributed by atoms with Gasteiger partial charge in [-0.05, 0) is 25.7 Å². The molecule has 2 nitrogen and oxygen atoms in total. The van der Waals surface area contributed by atoms with Crippen LogP contribution in [0.1, 0.15) is 5.56 Å². The van der Waals surface area contributed by atoms with Gasteiger partial charge in [0.15, 0.2) is 0 Å². The summed E-state index contributed by atoms with van der Waals surface area (Å²) in [6.07, 6.45) is 3.27. The fourth-order valence-electron chi connectivity index (χ4n) is 0.958. The van der Waals surface area contributed by atoms with Gasteiger partial charge >= 0.3 is 0 Å². The van der Waals surface area contributed by atoms with E-state index in [0.29, 0.717) is 4.90 Å². The lowest BCUT2D eigenvalue weighted by Crippen LogP contribution is -2.10. The lowest BCUT2D eigenvalue weighted by atomic mass is 10.3. The maximum Gasteiger partial charge on any atom is 0.0828 e. The van der Waals surface area contributed by atoms with Gasteiger partial charge in [0, 0.05) is 18.9 Å². The fraction of sp³-hybridized carbons (Fsp3) is 0.375. The summed E-state index contributed by atoms with van der Waals surface area (Å²) in [6, 6.07) is 1.80. The van der Waals surface area contributed by atoms with Gasteiger partial charge in [0.25, 0.3) is 0 Å². The van der Waals surface area contributed by atoms with Crippen LogP contribution in [0.15, 0.2) is 23.4 Å². The van der Waals surface area contributed by atoms with Gasteiger partial charge in [-0.2, -0.15) is 3.89 Å². The third kappa shape index (κ3) is 2.79. The average molecular weight is 186 g/mol. The topological polar surface area (TPSA) is 16.1 Å². The van der Waals surface area contributed by atoms with E-state index in [1.165, 1.54) is 6.20 Å². The molecule has 1 rings (SSSR count). The predicted octanol–water partition coefficient (Wildman–Crippen LogP) is 2.12. The standard InChI is InChI=1S/C8H11FN2S/c1-11(2)6-7-3-8(12-9)5-10-4-7/h3-5H,6H2,1-2H3. The normalized spacial score (nSPS) is 10.7. The third-order valence-corrected chi connectivity index (χ3v) is 1.76. The molecule has 0 N–H and O–H groups in total. The van der Waals surface area contributed by atoms with E-state index in [1.807, 2.05) is 19.0 Å². The van der Waals surface area contributed by atoms with Crippen molar-refractivity contribution in [3.8, 4) is 0 Å². The second kappa shape index (κ2) is 4.42. The molecule has 0 amide bonds. The van der Waals surface area contributed by atoms with Crippen molar-refractivity contribution in [2.45, 2.75) is 11.4 Å². The van der Waals surface area contributed by atoms with Gasteiger partial charge in [-0.3, -0.25) is 4.98 Å². The van der Waals surface area contributed by atoms with Crippen LogP contribution in [0.25, 0.3) is 0 Å². The molecule has 66 valence electrons. The number of hydrogen-bond donors (Lipinski definition) is 0. The SMILES string of the molecule is CN(C)Cc1cncc(SF)c1. The average Bonchev–Trinajstić information content (AvgIpc) is 2.03. The Balaban J connectivity index is 2.72. The molecule has 1 aromatic rings. The van der Waals surface area contributed by atoms with Crippen molar-refractivity contribution >= 4 is 12.1 Å². The first-order valence-corrected chi connectivity index (χ1v) is 4.31. The molecular formula is C8H11FN2S. The van der Waals surface area contributed by atoms with Gasteiger partial charge in [0.1, 0.15) is 0 Å². The second-order valence-electron chi connectivity index (χ2n) is 2.84. The summed E-state index contributed by atoms with van der Waals surface area (Å²) in [5.41, 5.74) is 1.03. The molecule has 0 aliphatic rings. The lowest BCUT2D eigenvalue weighted by molar-refractivity contribution is 0.401. The first-order chi connectivity index (χ1) is 5.72. The summed E-state index contributed by atoms with van der Waals surface area (Å²) in [4.78, 5) is 6.50. The van der Waals surface area contributed by atoms with Gasteiger partial charge < -0.3 is 4.90 Å². The van der Waals surface area contributed by atoms with E-state index in [2.05, 4.69) is 4.98 Å². The van der Waals surface area contributed by atoms with Crippen molar-refractivity contribution in [2.75, 3.05) is 14.1 Å². The summed E-state index contributed by atoms with van der Waals surface area (Å²) in [5, 5.41) is 0. The van der Waals surface area contributed by atoms with E-state index in [9.17, 15) is 3.89 Å². The first-order valence-electron chi connectivity index (χ1n) is 3.59. The molecule has 0 bridgehead atoms. The van der Waals surface area contributed by atoms with Crippen LogP contribution in [-0.4, -0.2) is 24.0 Å². The van der Waals surface area contributed by atoms with E-state index >= 15 is 0 Å².